The number of sulfonamides is 1. The highest BCUT2D eigenvalue weighted by Crippen LogP contribution is 2.24. The Morgan fingerprint density at radius 2 is 1.86 bits per heavy atom. The third kappa shape index (κ3) is 3.45. The Hall–Kier alpha value is -2.25. The second-order valence-corrected chi connectivity index (χ2v) is 6.32. The quantitative estimate of drug-likeness (QED) is 0.743. The highest BCUT2D eigenvalue weighted by molar-refractivity contribution is 7.92. The van der Waals surface area contributed by atoms with Crippen LogP contribution in [0.3, 0.4) is 0 Å². The van der Waals surface area contributed by atoms with Gasteiger partial charge in [0.05, 0.1) is 5.69 Å². The van der Waals surface area contributed by atoms with Crippen molar-refractivity contribution < 1.29 is 13.2 Å². The van der Waals surface area contributed by atoms with Crippen LogP contribution >= 0.6 is 11.6 Å². The van der Waals surface area contributed by atoms with Gasteiger partial charge >= 0.3 is 0 Å². The number of hydrogen-bond donors (Lipinski definition) is 3. The van der Waals surface area contributed by atoms with Gasteiger partial charge in [-0.1, -0.05) is 17.7 Å². The van der Waals surface area contributed by atoms with Gasteiger partial charge in [0.2, 0.25) is 5.91 Å². The molecule has 2 aromatic carbocycles. The van der Waals surface area contributed by atoms with Crippen LogP contribution in [-0.2, 0) is 10.0 Å². The number of primary amides is 1. The molecule has 8 heteroatoms. The normalized spacial score (nSPS) is 11.1. The minimum absolute atomic E-state index is 0.0288. The maximum Gasteiger partial charge on any atom is 0.263 e. The highest BCUT2D eigenvalue weighted by atomic mass is 35.5. The second-order valence-electron chi connectivity index (χ2n) is 4.23. The van der Waals surface area contributed by atoms with Gasteiger partial charge in [-0.15, -0.1) is 0 Å². The maximum atomic E-state index is 12.3. The Kier molecular flexibility index (Phi) is 4.06. The number of nitrogens with two attached hydrogens (primary N) is 2. The first-order valence-electron chi connectivity index (χ1n) is 5.77. The molecular formula is C13H12ClN3O3S. The van der Waals surface area contributed by atoms with Crippen LogP contribution in [0.15, 0.2) is 47.4 Å². The van der Waals surface area contributed by atoms with E-state index in [1.54, 1.807) is 0 Å². The molecule has 0 aliphatic carbocycles. The molecule has 0 atom stereocenters. The first-order valence-corrected chi connectivity index (χ1v) is 7.63. The summed E-state index contributed by atoms with van der Waals surface area (Å²) in [5.41, 5.74) is 11.2. The summed E-state index contributed by atoms with van der Waals surface area (Å²) >= 11 is 5.74. The van der Waals surface area contributed by atoms with Gasteiger partial charge in [0.15, 0.2) is 0 Å². The number of nitrogen functional groups attached to an aromatic ring is 1. The van der Waals surface area contributed by atoms with Crippen molar-refractivity contribution in [3.8, 4) is 0 Å². The average Bonchev–Trinajstić information content (AvgIpc) is 2.37. The lowest BCUT2D eigenvalue weighted by Crippen LogP contribution is -2.16. The summed E-state index contributed by atoms with van der Waals surface area (Å²) in [6.45, 7) is 0. The van der Waals surface area contributed by atoms with E-state index in [1.807, 2.05) is 0 Å². The van der Waals surface area contributed by atoms with Crippen molar-refractivity contribution in [2.75, 3.05) is 10.5 Å². The molecule has 5 N–H and O–H groups in total. The van der Waals surface area contributed by atoms with Crippen molar-refractivity contribution in [2.24, 2.45) is 5.73 Å². The number of benzene rings is 2. The molecule has 0 spiro atoms. The number of carbonyl (C=O) groups excluding carboxylic acids is 1. The Bertz CT molecular complexity index is 806. The van der Waals surface area contributed by atoms with Crippen molar-refractivity contribution in [1.29, 1.82) is 0 Å². The molecule has 110 valence electrons. The minimum atomic E-state index is -3.89. The summed E-state index contributed by atoms with van der Waals surface area (Å²) in [7, 11) is -3.89. The first-order chi connectivity index (χ1) is 9.79. The van der Waals surface area contributed by atoms with Gasteiger partial charge < -0.3 is 11.5 Å². The third-order valence-corrected chi connectivity index (χ3v) is 4.35. The van der Waals surface area contributed by atoms with Crippen LogP contribution in [-0.4, -0.2) is 14.3 Å². The Morgan fingerprint density at radius 3 is 2.48 bits per heavy atom. The van der Waals surface area contributed by atoms with Crippen molar-refractivity contribution in [3.05, 3.63) is 53.1 Å². The number of hydrogen-bond acceptors (Lipinski definition) is 4. The Morgan fingerprint density at radius 1 is 1.14 bits per heavy atom. The Labute approximate surface area is 126 Å². The van der Waals surface area contributed by atoms with Crippen LogP contribution in [0.4, 0.5) is 11.4 Å². The standard InChI is InChI=1S/C13H12ClN3O3S/c14-9-4-5-12(11(15)7-9)21(19,20)17-10-3-1-2-8(6-10)13(16)18/h1-7,17H,15H2,(H2,16,18). The lowest BCUT2D eigenvalue weighted by Gasteiger charge is -2.11. The van der Waals surface area contributed by atoms with Gasteiger partial charge in [-0.25, -0.2) is 8.42 Å². The lowest BCUT2D eigenvalue weighted by molar-refractivity contribution is 0.100. The van der Waals surface area contributed by atoms with Crippen LogP contribution in [0.5, 0.6) is 0 Å². The molecule has 0 radical (unpaired) electrons. The summed E-state index contributed by atoms with van der Waals surface area (Å²) in [6.07, 6.45) is 0. The molecule has 21 heavy (non-hydrogen) atoms. The molecule has 0 aromatic heterocycles. The van der Waals surface area contributed by atoms with E-state index in [0.29, 0.717) is 5.02 Å². The summed E-state index contributed by atoms with van der Waals surface area (Å²) in [6, 6.07) is 9.90. The fourth-order valence-corrected chi connectivity index (χ4v) is 3.05. The summed E-state index contributed by atoms with van der Waals surface area (Å²) in [4.78, 5) is 11.0. The maximum absolute atomic E-state index is 12.3. The number of nitrogens with one attached hydrogen (secondary N) is 1. The third-order valence-electron chi connectivity index (χ3n) is 2.66. The summed E-state index contributed by atoms with van der Waals surface area (Å²) < 4.78 is 26.9. The zero-order chi connectivity index (χ0) is 15.6. The average molecular weight is 326 g/mol. The van der Waals surface area contributed by atoms with Crippen molar-refractivity contribution in [3.63, 3.8) is 0 Å². The van der Waals surface area contributed by atoms with Crippen LogP contribution in [0.1, 0.15) is 10.4 Å². The number of rotatable bonds is 4. The fraction of sp³-hybridized carbons (Fsp3) is 0. The van der Waals surface area contributed by atoms with Crippen molar-refractivity contribution >= 4 is 38.9 Å². The van der Waals surface area contributed by atoms with Crippen LogP contribution in [0.25, 0.3) is 0 Å². The molecule has 0 heterocycles. The van der Waals surface area contributed by atoms with Gasteiger partial charge in [-0.05, 0) is 36.4 Å². The van der Waals surface area contributed by atoms with E-state index in [-0.39, 0.29) is 21.8 Å². The first kappa shape index (κ1) is 15.1. The monoisotopic (exact) mass is 325 g/mol. The van der Waals surface area contributed by atoms with Gasteiger partial charge in [-0.3, -0.25) is 9.52 Å². The van der Waals surface area contributed by atoms with Gasteiger partial charge in [0.1, 0.15) is 4.90 Å². The zero-order valence-electron chi connectivity index (χ0n) is 10.7. The molecule has 0 unspecified atom stereocenters. The van der Waals surface area contributed by atoms with Gasteiger partial charge in [0, 0.05) is 16.3 Å². The van der Waals surface area contributed by atoms with Crippen LogP contribution in [0, 0.1) is 0 Å². The number of anilines is 2. The van der Waals surface area contributed by atoms with E-state index in [4.69, 9.17) is 23.1 Å². The van der Waals surface area contributed by atoms with Crippen molar-refractivity contribution in [2.45, 2.75) is 4.90 Å². The SMILES string of the molecule is NC(=O)c1cccc(NS(=O)(=O)c2ccc(Cl)cc2N)c1. The van der Waals surface area contributed by atoms with E-state index < -0.39 is 15.9 Å². The summed E-state index contributed by atoms with van der Waals surface area (Å²) in [5.74, 6) is -0.651. The topological polar surface area (TPSA) is 115 Å². The van der Waals surface area contributed by atoms with E-state index in [0.717, 1.165) is 0 Å². The van der Waals surface area contributed by atoms with E-state index in [1.165, 1.54) is 42.5 Å². The number of carbonyl (C=O) groups is 1. The van der Waals surface area contributed by atoms with E-state index in [2.05, 4.69) is 4.72 Å². The molecular weight excluding hydrogens is 314 g/mol. The Balaban J connectivity index is 2.37. The van der Waals surface area contributed by atoms with Gasteiger partial charge in [0.25, 0.3) is 10.0 Å². The summed E-state index contributed by atoms with van der Waals surface area (Å²) in [5, 5.41) is 0.335. The molecule has 6 nitrogen and oxygen atoms in total. The molecule has 0 fully saturated rings. The van der Waals surface area contributed by atoms with Crippen molar-refractivity contribution in [1.82, 2.24) is 0 Å². The molecule has 0 aliphatic heterocycles. The zero-order valence-corrected chi connectivity index (χ0v) is 12.3. The molecule has 0 saturated heterocycles. The van der Waals surface area contributed by atoms with Crippen LogP contribution < -0.4 is 16.2 Å². The van der Waals surface area contributed by atoms with E-state index >= 15 is 0 Å². The molecule has 0 bridgehead atoms. The molecule has 0 saturated carbocycles. The predicted octanol–water partition coefficient (Wildman–Crippen LogP) is 1.82. The lowest BCUT2D eigenvalue weighted by atomic mass is 10.2. The predicted molar refractivity (Wildman–Crippen MR) is 81.6 cm³/mol. The second kappa shape index (κ2) is 5.63. The number of amides is 1. The molecule has 2 rings (SSSR count). The number of halogens is 1. The van der Waals surface area contributed by atoms with Crippen LogP contribution in [0.2, 0.25) is 5.02 Å². The molecule has 0 aliphatic rings. The highest BCUT2D eigenvalue weighted by Gasteiger charge is 2.18. The largest absolute Gasteiger partial charge is 0.398 e. The van der Waals surface area contributed by atoms with E-state index in [9.17, 15) is 13.2 Å². The minimum Gasteiger partial charge on any atom is -0.398 e. The molecule has 1 amide bonds. The van der Waals surface area contributed by atoms with Gasteiger partial charge in [-0.2, -0.15) is 0 Å². The smallest absolute Gasteiger partial charge is 0.263 e. The molecule has 2 aromatic rings. The fourth-order valence-electron chi connectivity index (χ4n) is 1.71.